The number of nitrogens with one attached hydrogen (secondary N) is 1. The van der Waals surface area contributed by atoms with Crippen LogP contribution in [0.4, 0.5) is 0 Å². The van der Waals surface area contributed by atoms with Crippen LogP contribution in [-0.2, 0) is 9.53 Å². The SMILES string of the molecule is CCC(NC(=O)C(N)COC)c1ccc(C)cc1.Cl. The Balaban J connectivity index is 0.00000324. The molecular weight excluding hydrogens is 264 g/mol. The van der Waals surface area contributed by atoms with Crippen LogP contribution in [-0.4, -0.2) is 25.7 Å². The van der Waals surface area contributed by atoms with Crippen molar-refractivity contribution >= 4 is 18.3 Å². The first kappa shape index (κ1) is 17.9. The summed E-state index contributed by atoms with van der Waals surface area (Å²) in [5.74, 6) is -0.177. The zero-order valence-corrected chi connectivity index (χ0v) is 12.5. The first-order valence-corrected chi connectivity index (χ1v) is 6.20. The van der Waals surface area contributed by atoms with Gasteiger partial charge >= 0.3 is 0 Å². The van der Waals surface area contributed by atoms with E-state index in [0.717, 1.165) is 12.0 Å². The average Bonchev–Trinajstić information content (AvgIpc) is 2.37. The van der Waals surface area contributed by atoms with Crippen molar-refractivity contribution in [2.24, 2.45) is 5.73 Å². The van der Waals surface area contributed by atoms with Crippen LogP contribution in [0.25, 0.3) is 0 Å². The number of nitrogens with two attached hydrogens (primary N) is 1. The molecule has 1 amide bonds. The smallest absolute Gasteiger partial charge is 0.239 e. The minimum atomic E-state index is -0.616. The Kier molecular flexibility index (Phi) is 8.39. The molecule has 0 bridgehead atoms. The van der Waals surface area contributed by atoms with E-state index in [2.05, 4.69) is 5.32 Å². The average molecular weight is 287 g/mol. The lowest BCUT2D eigenvalue weighted by molar-refractivity contribution is -0.124. The highest BCUT2D eigenvalue weighted by Crippen LogP contribution is 2.17. The first-order valence-electron chi connectivity index (χ1n) is 6.20. The van der Waals surface area contributed by atoms with Gasteiger partial charge < -0.3 is 15.8 Å². The molecule has 1 rings (SSSR count). The van der Waals surface area contributed by atoms with Crippen molar-refractivity contribution in [1.82, 2.24) is 5.32 Å². The molecule has 3 N–H and O–H groups in total. The maximum Gasteiger partial charge on any atom is 0.239 e. The van der Waals surface area contributed by atoms with E-state index in [9.17, 15) is 4.79 Å². The van der Waals surface area contributed by atoms with E-state index in [1.807, 2.05) is 38.1 Å². The Morgan fingerprint density at radius 2 is 1.95 bits per heavy atom. The number of amides is 1. The molecule has 19 heavy (non-hydrogen) atoms. The standard InChI is InChI=1S/C14H22N2O2.ClH/c1-4-13(11-7-5-10(2)6-8-11)16-14(17)12(15)9-18-3;/h5-8,12-13H,4,9,15H2,1-3H3,(H,16,17);1H. The number of carbonyl (C=O) groups is 1. The molecule has 0 aliphatic rings. The highest BCUT2D eigenvalue weighted by atomic mass is 35.5. The van der Waals surface area contributed by atoms with E-state index >= 15 is 0 Å². The maximum atomic E-state index is 11.8. The van der Waals surface area contributed by atoms with Crippen molar-refractivity contribution in [3.63, 3.8) is 0 Å². The molecule has 2 unspecified atom stereocenters. The summed E-state index contributed by atoms with van der Waals surface area (Å²) in [5, 5.41) is 2.94. The third-order valence-electron chi connectivity index (χ3n) is 2.89. The quantitative estimate of drug-likeness (QED) is 0.840. The summed E-state index contributed by atoms with van der Waals surface area (Å²) in [4.78, 5) is 11.8. The van der Waals surface area contributed by atoms with Crippen LogP contribution in [0.15, 0.2) is 24.3 Å². The molecular formula is C14H23ClN2O2. The van der Waals surface area contributed by atoms with Crippen LogP contribution in [0.2, 0.25) is 0 Å². The predicted molar refractivity (Wildman–Crippen MR) is 79.5 cm³/mol. The lowest BCUT2D eigenvalue weighted by Crippen LogP contribution is -2.44. The minimum Gasteiger partial charge on any atom is -0.383 e. The molecule has 0 aliphatic heterocycles. The second-order valence-electron chi connectivity index (χ2n) is 4.44. The number of carbonyl (C=O) groups excluding carboxylic acids is 1. The van der Waals surface area contributed by atoms with Gasteiger partial charge in [-0.2, -0.15) is 0 Å². The van der Waals surface area contributed by atoms with Crippen LogP contribution in [0.5, 0.6) is 0 Å². The van der Waals surface area contributed by atoms with E-state index in [1.165, 1.54) is 12.7 Å². The van der Waals surface area contributed by atoms with Gasteiger partial charge in [-0.25, -0.2) is 0 Å². The molecule has 0 spiro atoms. The van der Waals surface area contributed by atoms with Crippen LogP contribution in [0.1, 0.15) is 30.5 Å². The Labute approximate surface area is 121 Å². The van der Waals surface area contributed by atoms with Gasteiger partial charge in [-0.15, -0.1) is 12.4 Å². The number of halogens is 1. The molecule has 0 saturated heterocycles. The van der Waals surface area contributed by atoms with Crippen molar-refractivity contribution < 1.29 is 9.53 Å². The maximum absolute atomic E-state index is 11.8. The van der Waals surface area contributed by atoms with Crippen LogP contribution >= 0.6 is 12.4 Å². The number of hydrogen-bond acceptors (Lipinski definition) is 3. The van der Waals surface area contributed by atoms with Crippen LogP contribution in [0.3, 0.4) is 0 Å². The number of benzene rings is 1. The van der Waals surface area contributed by atoms with Crippen molar-refractivity contribution in [2.45, 2.75) is 32.4 Å². The third kappa shape index (κ3) is 5.59. The van der Waals surface area contributed by atoms with Crippen LogP contribution in [0, 0.1) is 6.92 Å². The van der Waals surface area contributed by atoms with Gasteiger partial charge in [0.05, 0.1) is 12.6 Å². The van der Waals surface area contributed by atoms with Crippen molar-refractivity contribution in [3.05, 3.63) is 35.4 Å². The summed E-state index contributed by atoms with van der Waals surface area (Å²) in [5.41, 5.74) is 8.00. The molecule has 0 fully saturated rings. The van der Waals surface area contributed by atoms with E-state index in [0.29, 0.717) is 0 Å². The summed E-state index contributed by atoms with van der Waals surface area (Å²) in [6, 6.07) is 7.53. The lowest BCUT2D eigenvalue weighted by Gasteiger charge is -2.20. The third-order valence-corrected chi connectivity index (χ3v) is 2.89. The molecule has 0 aromatic heterocycles. The van der Waals surface area contributed by atoms with E-state index in [4.69, 9.17) is 10.5 Å². The number of hydrogen-bond donors (Lipinski definition) is 2. The molecule has 5 heteroatoms. The molecule has 0 heterocycles. The van der Waals surface area contributed by atoms with Gasteiger partial charge in [-0.1, -0.05) is 36.8 Å². The zero-order chi connectivity index (χ0) is 13.5. The molecule has 4 nitrogen and oxygen atoms in total. The Bertz CT molecular complexity index is 382. The largest absolute Gasteiger partial charge is 0.383 e. The molecule has 1 aromatic rings. The Morgan fingerprint density at radius 1 is 1.37 bits per heavy atom. The first-order chi connectivity index (χ1) is 8.58. The number of aryl methyl sites for hydroxylation is 1. The fourth-order valence-corrected chi connectivity index (χ4v) is 1.75. The van der Waals surface area contributed by atoms with Crippen molar-refractivity contribution in [2.75, 3.05) is 13.7 Å². The van der Waals surface area contributed by atoms with E-state index < -0.39 is 6.04 Å². The highest BCUT2D eigenvalue weighted by molar-refractivity contribution is 5.85. The summed E-state index contributed by atoms with van der Waals surface area (Å²) in [6.07, 6.45) is 0.828. The van der Waals surface area contributed by atoms with Gasteiger partial charge in [-0.3, -0.25) is 4.79 Å². The molecule has 0 radical (unpaired) electrons. The fraction of sp³-hybridized carbons (Fsp3) is 0.500. The van der Waals surface area contributed by atoms with Crippen molar-refractivity contribution in [3.8, 4) is 0 Å². The molecule has 0 aliphatic carbocycles. The predicted octanol–water partition coefficient (Wildman–Crippen LogP) is 1.96. The topological polar surface area (TPSA) is 64.4 Å². The van der Waals surface area contributed by atoms with Gasteiger partial charge in [0, 0.05) is 7.11 Å². The van der Waals surface area contributed by atoms with Gasteiger partial charge in [0.1, 0.15) is 6.04 Å². The number of rotatable bonds is 6. The minimum absolute atomic E-state index is 0. The summed E-state index contributed by atoms with van der Waals surface area (Å²) >= 11 is 0. The van der Waals surface area contributed by atoms with Crippen LogP contribution < -0.4 is 11.1 Å². The zero-order valence-electron chi connectivity index (χ0n) is 11.7. The summed E-state index contributed by atoms with van der Waals surface area (Å²) in [7, 11) is 1.53. The number of ether oxygens (including phenoxy) is 1. The van der Waals surface area contributed by atoms with Gasteiger partial charge in [-0.05, 0) is 18.9 Å². The lowest BCUT2D eigenvalue weighted by atomic mass is 10.0. The summed E-state index contributed by atoms with van der Waals surface area (Å²) in [6.45, 7) is 4.31. The van der Waals surface area contributed by atoms with Gasteiger partial charge in [0.2, 0.25) is 5.91 Å². The monoisotopic (exact) mass is 286 g/mol. The van der Waals surface area contributed by atoms with Gasteiger partial charge in [0.15, 0.2) is 0 Å². The second kappa shape index (κ2) is 8.91. The van der Waals surface area contributed by atoms with E-state index in [1.54, 1.807) is 0 Å². The molecule has 0 saturated carbocycles. The molecule has 2 atom stereocenters. The molecule has 1 aromatic carbocycles. The Hall–Kier alpha value is -1.10. The van der Waals surface area contributed by atoms with Gasteiger partial charge in [0.25, 0.3) is 0 Å². The van der Waals surface area contributed by atoms with E-state index in [-0.39, 0.29) is 31.0 Å². The fourth-order valence-electron chi connectivity index (χ4n) is 1.75. The normalized spacial score (nSPS) is 13.3. The second-order valence-corrected chi connectivity index (χ2v) is 4.44. The Morgan fingerprint density at radius 3 is 2.42 bits per heavy atom. The highest BCUT2D eigenvalue weighted by Gasteiger charge is 2.17. The number of methoxy groups -OCH3 is 1. The summed E-state index contributed by atoms with van der Waals surface area (Å²) < 4.78 is 4.88. The van der Waals surface area contributed by atoms with Crippen molar-refractivity contribution in [1.29, 1.82) is 0 Å². The molecule has 108 valence electrons.